The lowest BCUT2D eigenvalue weighted by Gasteiger charge is -2.13. The van der Waals surface area contributed by atoms with Crippen LogP contribution >= 0.6 is 0 Å². The third kappa shape index (κ3) is 2.01. The number of aromatic nitrogens is 3. The number of amides is 2. The van der Waals surface area contributed by atoms with Crippen molar-refractivity contribution in [3.05, 3.63) is 47.8 Å². The van der Waals surface area contributed by atoms with E-state index < -0.39 is 0 Å². The highest BCUT2D eigenvalue weighted by molar-refractivity contribution is 6.21. The third-order valence-corrected chi connectivity index (χ3v) is 3.12. The van der Waals surface area contributed by atoms with E-state index in [1.807, 2.05) is 0 Å². The number of imide groups is 1. The van der Waals surface area contributed by atoms with Gasteiger partial charge in [-0.25, -0.2) is 0 Å². The van der Waals surface area contributed by atoms with Crippen molar-refractivity contribution in [2.75, 3.05) is 6.54 Å². The van der Waals surface area contributed by atoms with Crippen molar-refractivity contribution in [2.45, 2.75) is 13.0 Å². The van der Waals surface area contributed by atoms with Gasteiger partial charge in [0.15, 0.2) is 0 Å². The number of carbonyl (C=O) groups excluding carboxylic acids is 2. The number of rotatable bonds is 4. The summed E-state index contributed by atoms with van der Waals surface area (Å²) in [6, 6.07) is 6.91. The van der Waals surface area contributed by atoms with Gasteiger partial charge in [0.25, 0.3) is 11.8 Å². The van der Waals surface area contributed by atoms with Crippen LogP contribution in [0.25, 0.3) is 0 Å². The van der Waals surface area contributed by atoms with E-state index >= 15 is 0 Å². The number of benzene rings is 1. The van der Waals surface area contributed by atoms with Gasteiger partial charge in [0.05, 0.1) is 17.3 Å². The van der Waals surface area contributed by atoms with Crippen LogP contribution in [-0.2, 0) is 6.54 Å². The van der Waals surface area contributed by atoms with Crippen LogP contribution in [0.3, 0.4) is 0 Å². The molecule has 0 N–H and O–H groups in total. The van der Waals surface area contributed by atoms with Crippen molar-refractivity contribution in [3.8, 4) is 0 Å². The fraction of sp³-hybridized carbons (Fsp3) is 0.231. The molecule has 0 saturated carbocycles. The van der Waals surface area contributed by atoms with Crippen LogP contribution in [-0.4, -0.2) is 38.3 Å². The minimum atomic E-state index is -0.209. The molecule has 0 saturated heterocycles. The zero-order valence-corrected chi connectivity index (χ0v) is 10.2. The van der Waals surface area contributed by atoms with E-state index in [0.717, 1.165) is 0 Å². The SMILES string of the molecule is O=C1c2ccccc2C(=O)N1CCCn1ccnn1. The van der Waals surface area contributed by atoms with E-state index in [4.69, 9.17) is 0 Å². The van der Waals surface area contributed by atoms with E-state index in [1.54, 1.807) is 41.3 Å². The van der Waals surface area contributed by atoms with Crippen LogP contribution in [0.5, 0.6) is 0 Å². The summed E-state index contributed by atoms with van der Waals surface area (Å²) >= 11 is 0. The lowest BCUT2D eigenvalue weighted by Crippen LogP contribution is -2.31. The molecule has 2 amide bonds. The van der Waals surface area contributed by atoms with Crippen molar-refractivity contribution >= 4 is 11.8 Å². The Bertz CT molecular complexity index is 586. The molecule has 1 aliphatic rings. The normalized spacial score (nSPS) is 14.0. The molecule has 0 unspecified atom stereocenters. The lowest BCUT2D eigenvalue weighted by molar-refractivity contribution is 0.0650. The summed E-state index contributed by atoms with van der Waals surface area (Å²) in [5.74, 6) is -0.418. The Labute approximate surface area is 109 Å². The minimum absolute atomic E-state index is 0.209. The van der Waals surface area contributed by atoms with Crippen molar-refractivity contribution in [1.82, 2.24) is 19.9 Å². The van der Waals surface area contributed by atoms with Crippen LogP contribution in [0.15, 0.2) is 36.7 Å². The number of hydrogen-bond acceptors (Lipinski definition) is 4. The molecule has 2 heterocycles. The van der Waals surface area contributed by atoms with Gasteiger partial charge in [-0.05, 0) is 18.6 Å². The number of nitrogens with zero attached hydrogens (tertiary/aromatic N) is 4. The zero-order valence-electron chi connectivity index (χ0n) is 10.2. The van der Waals surface area contributed by atoms with Gasteiger partial charge in [0.2, 0.25) is 0 Å². The fourth-order valence-corrected chi connectivity index (χ4v) is 2.19. The molecular weight excluding hydrogens is 244 g/mol. The molecule has 96 valence electrons. The van der Waals surface area contributed by atoms with Gasteiger partial charge in [-0.3, -0.25) is 19.2 Å². The molecule has 0 fully saturated rings. The topological polar surface area (TPSA) is 68.1 Å². The molecule has 1 aromatic carbocycles. The molecule has 0 aliphatic carbocycles. The number of hydrogen-bond donors (Lipinski definition) is 0. The van der Waals surface area contributed by atoms with Gasteiger partial charge in [-0.2, -0.15) is 0 Å². The maximum absolute atomic E-state index is 12.1. The highest BCUT2D eigenvalue weighted by atomic mass is 16.2. The third-order valence-electron chi connectivity index (χ3n) is 3.12. The van der Waals surface area contributed by atoms with E-state index in [1.165, 1.54) is 4.90 Å². The summed E-state index contributed by atoms with van der Waals surface area (Å²) < 4.78 is 1.68. The molecule has 1 aliphatic heterocycles. The number of fused-ring (bicyclic) bond motifs is 1. The standard InChI is InChI=1S/C13H12N4O2/c18-12-10-4-1-2-5-11(10)13(19)17(12)8-3-7-16-9-6-14-15-16/h1-2,4-6,9H,3,7-8H2. The first kappa shape index (κ1) is 11.6. The first-order valence-electron chi connectivity index (χ1n) is 6.06. The molecule has 0 atom stereocenters. The summed E-state index contributed by atoms with van der Waals surface area (Å²) in [5, 5.41) is 7.54. The number of carbonyl (C=O) groups is 2. The van der Waals surface area contributed by atoms with Crippen LogP contribution in [0.2, 0.25) is 0 Å². The Morgan fingerprint density at radius 3 is 2.26 bits per heavy atom. The Morgan fingerprint density at radius 2 is 1.68 bits per heavy atom. The fourth-order valence-electron chi connectivity index (χ4n) is 2.19. The summed E-state index contributed by atoms with van der Waals surface area (Å²) in [7, 11) is 0. The summed E-state index contributed by atoms with van der Waals surface area (Å²) in [6.07, 6.45) is 4.01. The van der Waals surface area contributed by atoms with Gasteiger partial charge in [-0.1, -0.05) is 17.3 Å². The van der Waals surface area contributed by atoms with E-state index in [9.17, 15) is 9.59 Å². The molecule has 19 heavy (non-hydrogen) atoms. The molecule has 1 aromatic heterocycles. The Hall–Kier alpha value is -2.50. The van der Waals surface area contributed by atoms with Gasteiger partial charge < -0.3 is 0 Å². The summed E-state index contributed by atoms with van der Waals surface area (Å²) in [6.45, 7) is 1.03. The predicted molar refractivity (Wildman–Crippen MR) is 66.4 cm³/mol. The Balaban J connectivity index is 1.67. The van der Waals surface area contributed by atoms with Crippen LogP contribution in [0.4, 0.5) is 0 Å². The van der Waals surface area contributed by atoms with Crippen LogP contribution in [0, 0.1) is 0 Å². The van der Waals surface area contributed by atoms with Crippen molar-refractivity contribution in [3.63, 3.8) is 0 Å². The van der Waals surface area contributed by atoms with Crippen molar-refractivity contribution in [1.29, 1.82) is 0 Å². The van der Waals surface area contributed by atoms with Gasteiger partial charge >= 0.3 is 0 Å². The lowest BCUT2D eigenvalue weighted by atomic mass is 10.1. The molecule has 2 aromatic rings. The molecule has 3 rings (SSSR count). The quantitative estimate of drug-likeness (QED) is 0.764. The highest BCUT2D eigenvalue weighted by Gasteiger charge is 2.34. The second kappa shape index (κ2) is 4.64. The zero-order chi connectivity index (χ0) is 13.2. The molecule has 0 spiro atoms. The largest absolute Gasteiger partial charge is 0.274 e. The van der Waals surface area contributed by atoms with E-state index in [-0.39, 0.29) is 11.8 Å². The van der Waals surface area contributed by atoms with Gasteiger partial charge in [0, 0.05) is 19.3 Å². The maximum atomic E-state index is 12.1. The van der Waals surface area contributed by atoms with Gasteiger partial charge in [0.1, 0.15) is 0 Å². The summed E-state index contributed by atoms with van der Waals surface area (Å²) in [5.41, 5.74) is 0.988. The Morgan fingerprint density at radius 1 is 1.00 bits per heavy atom. The molecule has 0 bridgehead atoms. The average Bonchev–Trinajstić information content (AvgIpc) is 3.02. The van der Waals surface area contributed by atoms with Crippen molar-refractivity contribution in [2.24, 2.45) is 0 Å². The summed E-state index contributed by atoms with van der Waals surface area (Å²) in [4.78, 5) is 25.4. The first-order valence-corrected chi connectivity index (χ1v) is 6.06. The second-order valence-corrected chi connectivity index (χ2v) is 4.33. The van der Waals surface area contributed by atoms with E-state index in [0.29, 0.717) is 30.6 Å². The molecule has 6 nitrogen and oxygen atoms in total. The van der Waals surface area contributed by atoms with E-state index in [2.05, 4.69) is 10.3 Å². The monoisotopic (exact) mass is 256 g/mol. The van der Waals surface area contributed by atoms with Crippen LogP contribution in [0.1, 0.15) is 27.1 Å². The second-order valence-electron chi connectivity index (χ2n) is 4.33. The molecule has 6 heteroatoms. The first-order chi connectivity index (χ1) is 9.27. The van der Waals surface area contributed by atoms with Crippen LogP contribution < -0.4 is 0 Å². The number of aryl methyl sites for hydroxylation is 1. The molecular formula is C13H12N4O2. The molecule has 0 radical (unpaired) electrons. The smallest absolute Gasteiger partial charge is 0.261 e. The van der Waals surface area contributed by atoms with Crippen molar-refractivity contribution < 1.29 is 9.59 Å². The maximum Gasteiger partial charge on any atom is 0.261 e. The predicted octanol–water partition coefficient (Wildman–Crippen LogP) is 0.964. The minimum Gasteiger partial charge on any atom is -0.274 e. The Kier molecular flexibility index (Phi) is 2.83. The van der Waals surface area contributed by atoms with Gasteiger partial charge in [-0.15, -0.1) is 5.10 Å². The highest BCUT2D eigenvalue weighted by Crippen LogP contribution is 2.22. The average molecular weight is 256 g/mol.